The van der Waals surface area contributed by atoms with Crippen molar-refractivity contribution in [2.45, 2.75) is 36.7 Å². The van der Waals surface area contributed by atoms with Crippen LogP contribution in [0.3, 0.4) is 0 Å². The molecule has 11 heteroatoms. The molecule has 0 aromatic heterocycles. The van der Waals surface area contributed by atoms with E-state index in [4.69, 9.17) is 10.8 Å². The standard InChI is InChI=1S/C14H17N3O7S/c15-7(13(21)22)2-1-3-8(19)16-9-11(20)17-10(14(23)24)6(4-18)5-25-12(9)17/h4,7,9,12H,1-3,5,15H2,(H,16,19)(H,21,22)(H,23,24)/t7-,9-,12-/m1/s1. The van der Waals surface area contributed by atoms with Gasteiger partial charge in [0.2, 0.25) is 5.91 Å². The molecule has 2 aliphatic rings. The van der Waals surface area contributed by atoms with Crippen molar-refractivity contribution in [2.75, 3.05) is 5.75 Å². The van der Waals surface area contributed by atoms with E-state index in [1.165, 1.54) is 11.8 Å². The van der Waals surface area contributed by atoms with Crippen LogP contribution >= 0.6 is 11.8 Å². The summed E-state index contributed by atoms with van der Waals surface area (Å²) in [6.07, 6.45) is 0.790. The molecule has 5 N–H and O–H groups in total. The monoisotopic (exact) mass is 371 g/mol. The molecule has 2 rings (SSSR count). The first-order valence-corrected chi connectivity index (χ1v) is 8.46. The number of hydrogen-bond acceptors (Lipinski definition) is 7. The maximum absolute atomic E-state index is 12.2. The summed E-state index contributed by atoms with van der Waals surface area (Å²) in [5.74, 6) is -3.42. The van der Waals surface area contributed by atoms with Gasteiger partial charge in [0, 0.05) is 17.7 Å². The molecule has 10 nitrogen and oxygen atoms in total. The van der Waals surface area contributed by atoms with Gasteiger partial charge in [-0.3, -0.25) is 24.1 Å². The number of hydrogen-bond donors (Lipinski definition) is 4. The van der Waals surface area contributed by atoms with Crippen molar-refractivity contribution in [3.63, 3.8) is 0 Å². The summed E-state index contributed by atoms with van der Waals surface area (Å²) >= 11 is 1.19. The summed E-state index contributed by atoms with van der Waals surface area (Å²) < 4.78 is 0. The Morgan fingerprint density at radius 3 is 2.64 bits per heavy atom. The fraction of sp³-hybridized carbons (Fsp3) is 0.500. The Hall–Kier alpha value is -2.40. The van der Waals surface area contributed by atoms with Crippen molar-refractivity contribution in [3.8, 4) is 0 Å². The highest BCUT2D eigenvalue weighted by atomic mass is 32.2. The predicted molar refractivity (Wildman–Crippen MR) is 85.2 cm³/mol. The third-order valence-electron chi connectivity index (χ3n) is 3.90. The molecule has 1 fully saturated rings. The third kappa shape index (κ3) is 3.82. The minimum absolute atomic E-state index is 0.00333. The first kappa shape index (κ1) is 18.9. The number of aliphatic carboxylic acids is 2. The lowest BCUT2D eigenvalue weighted by Gasteiger charge is -2.49. The number of amides is 2. The lowest BCUT2D eigenvalue weighted by molar-refractivity contribution is -0.150. The molecule has 0 radical (unpaired) electrons. The Bertz CT molecular complexity index is 663. The van der Waals surface area contributed by atoms with Crippen LogP contribution < -0.4 is 11.1 Å². The third-order valence-corrected chi connectivity index (χ3v) is 5.20. The van der Waals surface area contributed by atoms with Gasteiger partial charge in [-0.15, -0.1) is 11.8 Å². The van der Waals surface area contributed by atoms with Crippen LogP contribution in [0.1, 0.15) is 19.3 Å². The van der Waals surface area contributed by atoms with Crippen LogP contribution in [0.5, 0.6) is 0 Å². The van der Waals surface area contributed by atoms with Crippen molar-refractivity contribution in [2.24, 2.45) is 5.73 Å². The Labute approximate surface area is 146 Å². The van der Waals surface area contributed by atoms with Crippen LogP contribution in [-0.4, -0.2) is 68.4 Å². The van der Waals surface area contributed by atoms with Gasteiger partial charge in [0.25, 0.3) is 5.91 Å². The maximum atomic E-state index is 12.2. The smallest absolute Gasteiger partial charge is 0.353 e. The zero-order valence-corrected chi connectivity index (χ0v) is 13.8. The van der Waals surface area contributed by atoms with Crippen molar-refractivity contribution in [3.05, 3.63) is 11.3 Å². The largest absolute Gasteiger partial charge is 0.480 e. The Morgan fingerprint density at radius 1 is 1.40 bits per heavy atom. The molecule has 3 atom stereocenters. The summed E-state index contributed by atoms with van der Waals surface area (Å²) in [6, 6.07) is -1.92. The second-order valence-electron chi connectivity index (χ2n) is 5.59. The molecule has 0 bridgehead atoms. The van der Waals surface area contributed by atoms with Gasteiger partial charge in [-0.05, 0) is 12.8 Å². The summed E-state index contributed by atoms with van der Waals surface area (Å²) in [5, 5.41) is 19.8. The quantitative estimate of drug-likeness (QED) is 0.293. The first-order chi connectivity index (χ1) is 11.8. The van der Waals surface area contributed by atoms with Crippen LogP contribution in [0.4, 0.5) is 0 Å². The van der Waals surface area contributed by atoms with Gasteiger partial charge < -0.3 is 21.3 Å². The van der Waals surface area contributed by atoms with Gasteiger partial charge in [0.15, 0.2) is 0 Å². The van der Waals surface area contributed by atoms with E-state index in [0.29, 0.717) is 6.29 Å². The zero-order valence-electron chi connectivity index (χ0n) is 13.0. The van der Waals surface area contributed by atoms with E-state index >= 15 is 0 Å². The number of fused-ring (bicyclic) bond motifs is 1. The number of thioether (sulfide) groups is 1. The molecule has 0 unspecified atom stereocenters. The van der Waals surface area contributed by atoms with Gasteiger partial charge >= 0.3 is 11.9 Å². The lowest BCUT2D eigenvalue weighted by atomic mass is 10.0. The van der Waals surface area contributed by atoms with Gasteiger partial charge in [0.05, 0.1) is 0 Å². The average molecular weight is 371 g/mol. The summed E-state index contributed by atoms with van der Waals surface area (Å²) in [6.45, 7) is 0. The van der Waals surface area contributed by atoms with Crippen LogP contribution in [0.25, 0.3) is 0 Å². The minimum atomic E-state index is -1.37. The van der Waals surface area contributed by atoms with E-state index in [1.807, 2.05) is 0 Å². The lowest BCUT2D eigenvalue weighted by Crippen LogP contribution is -2.70. The van der Waals surface area contributed by atoms with Crippen molar-refractivity contribution in [1.29, 1.82) is 0 Å². The number of carbonyl (C=O) groups excluding carboxylic acids is 3. The van der Waals surface area contributed by atoms with Gasteiger partial charge in [-0.1, -0.05) is 0 Å². The summed E-state index contributed by atoms with van der Waals surface area (Å²) in [4.78, 5) is 57.9. The highest BCUT2D eigenvalue weighted by molar-refractivity contribution is 8.00. The van der Waals surface area contributed by atoms with E-state index in [9.17, 15) is 29.1 Å². The molecule has 136 valence electrons. The highest BCUT2D eigenvalue weighted by Crippen LogP contribution is 2.39. The fourth-order valence-electron chi connectivity index (χ4n) is 2.59. The van der Waals surface area contributed by atoms with E-state index in [-0.39, 0.29) is 36.3 Å². The van der Waals surface area contributed by atoms with Crippen LogP contribution in [0.15, 0.2) is 11.3 Å². The number of carbonyl (C=O) groups is 5. The van der Waals surface area contributed by atoms with E-state index in [0.717, 1.165) is 4.90 Å². The second-order valence-corrected chi connectivity index (χ2v) is 6.69. The molecule has 1 saturated heterocycles. The number of β-lactam (4-membered cyclic amide) rings is 1. The van der Waals surface area contributed by atoms with Gasteiger partial charge in [0.1, 0.15) is 29.4 Å². The van der Waals surface area contributed by atoms with Gasteiger partial charge in [-0.2, -0.15) is 0 Å². The SMILES string of the molecule is N[C@H](CCCC(=O)N[C@@H]1C(=O)N2C(C(=O)O)=C(C=O)CS[C@H]12)C(=O)O. The normalized spacial score (nSPS) is 23.4. The number of aldehydes is 1. The Balaban J connectivity index is 1.92. The minimum Gasteiger partial charge on any atom is -0.480 e. The van der Waals surface area contributed by atoms with E-state index in [1.54, 1.807) is 0 Å². The molecule has 0 aliphatic carbocycles. The maximum Gasteiger partial charge on any atom is 0.353 e. The molecule has 0 aromatic rings. The predicted octanol–water partition coefficient (Wildman–Crippen LogP) is -1.49. The number of nitrogens with one attached hydrogen (secondary N) is 1. The summed E-state index contributed by atoms with van der Waals surface area (Å²) in [5.41, 5.74) is 5.01. The van der Waals surface area contributed by atoms with E-state index < -0.39 is 41.2 Å². The average Bonchev–Trinajstić information content (AvgIpc) is 2.57. The molecular weight excluding hydrogens is 354 g/mol. The first-order valence-electron chi connectivity index (χ1n) is 7.42. The number of nitrogens with zero attached hydrogens (tertiary/aromatic N) is 1. The number of rotatable bonds is 8. The molecule has 2 aliphatic heterocycles. The number of carboxylic acid groups (broad SMARTS) is 2. The van der Waals surface area contributed by atoms with Crippen molar-refractivity contribution >= 4 is 41.8 Å². The molecule has 0 aromatic carbocycles. The molecule has 2 amide bonds. The molecule has 2 heterocycles. The molecule has 0 spiro atoms. The van der Waals surface area contributed by atoms with Crippen LogP contribution in [-0.2, 0) is 24.0 Å². The summed E-state index contributed by atoms with van der Waals surface area (Å²) in [7, 11) is 0. The van der Waals surface area contributed by atoms with Crippen molar-refractivity contribution < 1.29 is 34.2 Å². The van der Waals surface area contributed by atoms with E-state index in [2.05, 4.69) is 5.32 Å². The molecular formula is C14H17N3O7S. The number of nitrogens with two attached hydrogens (primary N) is 1. The highest BCUT2D eigenvalue weighted by Gasteiger charge is 2.54. The molecule has 25 heavy (non-hydrogen) atoms. The Morgan fingerprint density at radius 2 is 2.08 bits per heavy atom. The fourth-order valence-corrected chi connectivity index (χ4v) is 3.88. The second kappa shape index (κ2) is 7.66. The molecule has 0 saturated carbocycles. The topological polar surface area (TPSA) is 167 Å². The van der Waals surface area contributed by atoms with Gasteiger partial charge in [-0.25, -0.2) is 4.79 Å². The zero-order chi connectivity index (χ0) is 18.7. The number of carboxylic acids is 2. The van der Waals surface area contributed by atoms with Crippen LogP contribution in [0, 0.1) is 0 Å². The Kier molecular flexibility index (Phi) is 5.80. The van der Waals surface area contributed by atoms with Crippen LogP contribution in [0.2, 0.25) is 0 Å². The van der Waals surface area contributed by atoms with Crippen molar-refractivity contribution in [1.82, 2.24) is 10.2 Å².